The van der Waals surface area contributed by atoms with E-state index in [0.29, 0.717) is 23.4 Å². The van der Waals surface area contributed by atoms with E-state index in [0.717, 1.165) is 16.8 Å². The molecule has 1 fully saturated rings. The number of carbonyl (C=O) groups excluding carboxylic acids is 1. The maximum Gasteiger partial charge on any atom is 0.322 e. The van der Waals surface area contributed by atoms with Gasteiger partial charge in [0.15, 0.2) is 0 Å². The Labute approximate surface area is 169 Å². The lowest BCUT2D eigenvalue weighted by Crippen LogP contribution is -2.35. The predicted octanol–water partition coefficient (Wildman–Crippen LogP) is 3.69. The number of pyridine rings is 1. The van der Waals surface area contributed by atoms with Gasteiger partial charge in [-0.05, 0) is 50.6 Å². The van der Waals surface area contributed by atoms with Crippen molar-refractivity contribution >= 4 is 27.4 Å². The highest BCUT2D eigenvalue weighted by Gasteiger charge is 2.29. The summed E-state index contributed by atoms with van der Waals surface area (Å²) in [5, 5.41) is 3.65. The first kappa shape index (κ1) is 19.6. The number of benzene rings is 1. The molecule has 0 radical (unpaired) electrons. The minimum atomic E-state index is -2.55. The number of aryl methyl sites for hydroxylation is 2. The van der Waals surface area contributed by atoms with Crippen molar-refractivity contribution in [1.82, 2.24) is 20.3 Å². The lowest BCUT2D eigenvalue weighted by molar-refractivity contribution is 0.0936. The molecule has 4 rings (SSSR count). The fourth-order valence-electron chi connectivity index (χ4n) is 3.33. The number of ether oxygens (including phenoxy) is 1. The van der Waals surface area contributed by atoms with Crippen molar-refractivity contribution in [1.29, 1.82) is 0 Å². The molecule has 1 aromatic carbocycles. The van der Waals surface area contributed by atoms with Gasteiger partial charge in [0.05, 0.1) is 11.3 Å². The number of hydrogen-bond acceptors (Lipinski definition) is 7. The fourth-order valence-corrected chi connectivity index (χ4v) is 5.05. The van der Waals surface area contributed by atoms with Gasteiger partial charge in [-0.1, -0.05) is 6.07 Å². The van der Waals surface area contributed by atoms with Crippen molar-refractivity contribution < 1.29 is 18.6 Å². The van der Waals surface area contributed by atoms with Gasteiger partial charge < -0.3 is 10.1 Å². The van der Waals surface area contributed by atoms with E-state index in [2.05, 4.69) is 20.3 Å². The van der Waals surface area contributed by atoms with E-state index < -0.39 is 10.6 Å². The van der Waals surface area contributed by atoms with Gasteiger partial charge in [0.25, 0.3) is 5.91 Å². The van der Waals surface area contributed by atoms with Crippen molar-refractivity contribution in [3.8, 4) is 11.8 Å². The first-order valence-electron chi connectivity index (χ1n) is 9.23. The number of rotatable bonds is 4. The molecular weight excluding hydrogens is 392 g/mol. The zero-order valence-electron chi connectivity index (χ0n) is 16.1. The molecule has 0 bridgehead atoms. The Morgan fingerprint density at radius 1 is 1.10 bits per heavy atom. The Morgan fingerprint density at radius 3 is 2.55 bits per heavy atom. The summed E-state index contributed by atoms with van der Waals surface area (Å²) in [6, 6.07) is 10.7. The minimum Gasteiger partial charge on any atom is -0.424 e. The summed E-state index contributed by atoms with van der Waals surface area (Å²) >= 11 is 0. The van der Waals surface area contributed by atoms with Gasteiger partial charge in [-0.3, -0.25) is 13.9 Å². The lowest BCUT2D eigenvalue weighted by Gasteiger charge is -2.25. The van der Waals surface area contributed by atoms with E-state index >= 15 is 0 Å². The third kappa shape index (κ3) is 4.64. The van der Waals surface area contributed by atoms with Gasteiger partial charge in [-0.15, -0.1) is 0 Å². The summed E-state index contributed by atoms with van der Waals surface area (Å²) in [5.41, 5.74) is 2.59. The molecule has 152 valence electrons. The average Bonchev–Trinajstić information content (AvgIpc) is 2.98. The van der Waals surface area contributed by atoms with Crippen LogP contribution < -0.4 is 10.1 Å². The molecule has 9 heteroatoms. The first-order valence-corrected chi connectivity index (χ1v) is 11.1. The van der Waals surface area contributed by atoms with Gasteiger partial charge in [0, 0.05) is 28.6 Å². The van der Waals surface area contributed by atoms with Crippen LogP contribution in [0.3, 0.4) is 0 Å². The molecule has 1 aliphatic rings. The Bertz CT molecular complexity index is 1070. The third-order valence-corrected chi connectivity index (χ3v) is 6.49. The molecule has 2 aromatic heterocycles. The molecular formula is C20H22N4O4S. The molecule has 1 amide bonds. The zero-order valence-corrected chi connectivity index (χ0v) is 16.9. The maximum atomic E-state index is 12.5. The van der Waals surface area contributed by atoms with Crippen LogP contribution in [0.25, 0.3) is 10.9 Å². The molecule has 8 nitrogen and oxygen atoms in total. The molecule has 1 atom stereocenters. The van der Waals surface area contributed by atoms with Crippen LogP contribution in [0, 0.1) is 13.8 Å². The van der Waals surface area contributed by atoms with Gasteiger partial charge in [0.2, 0.25) is 0 Å². The second kappa shape index (κ2) is 7.58. The Morgan fingerprint density at radius 2 is 1.86 bits per heavy atom. The number of nitrogens with zero attached hydrogens (tertiary/aromatic N) is 3. The molecule has 3 heterocycles. The van der Waals surface area contributed by atoms with Crippen LogP contribution in [0.15, 0.2) is 36.4 Å². The summed E-state index contributed by atoms with van der Waals surface area (Å²) in [7, 11) is -2.55. The van der Waals surface area contributed by atoms with E-state index in [4.69, 9.17) is 4.74 Å². The second-order valence-electron chi connectivity index (χ2n) is 7.22. The van der Waals surface area contributed by atoms with Crippen molar-refractivity contribution in [2.75, 3.05) is 11.5 Å². The molecule has 0 saturated carbocycles. The van der Waals surface area contributed by atoms with E-state index in [1.54, 1.807) is 24.3 Å². The Hall–Kier alpha value is -2.75. The summed E-state index contributed by atoms with van der Waals surface area (Å²) in [4.78, 5) is 25.4. The van der Waals surface area contributed by atoms with E-state index in [1.165, 1.54) is 0 Å². The van der Waals surface area contributed by atoms with Crippen LogP contribution >= 0.6 is 10.6 Å². The predicted molar refractivity (Wildman–Crippen MR) is 112 cm³/mol. The molecule has 1 aliphatic heterocycles. The van der Waals surface area contributed by atoms with Crippen LogP contribution in [0.1, 0.15) is 28.3 Å². The maximum absolute atomic E-state index is 12.5. The van der Waals surface area contributed by atoms with Gasteiger partial charge >= 0.3 is 6.01 Å². The van der Waals surface area contributed by atoms with E-state index in [1.807, 2.05) is 26.0 Å². The third-order valence-electron chi connectivity index (χ3n) is 4.66. The van der Waals surface area contributed by atoms with Crippen molar-refractivity contribution in [2.24, 2.45) is 0 Å². The number of aromatic nitrogens is 3. The Kier molecular flexibility index (Phi) is 5.12. The zero-order chi connectivity index (χ0) is 20.6. The largest absolute Gasteiger partial charge is 0.424 e. The van der Waals surface area contributed by atoms with Crippen LogP contribution in [0.4, 0.5) is 0 Å². The van der Waals surface area contributed by atoms with Crippen LogP contribution in [0.2, 0.25) is 0 Å². The molecule has 1 saturated heterocycles. The average molecular weight is 414 g/mol. The SMILES string of the molecule is Cc1cc(C)nc(Oc2ccc3nc(C(=O)NC4CCS(O)(O)C4)ccc3c2)n1. The molecule has 3 N–H and O–H groups in total. The quantitative estimate of drug-likeness (QED) is 0.596. The number of amides is 1. The normalized spacial score (nSPS) is 19.1. The number of hydrogen-bond donors (Lipinski definition) is 3. The molecule has 0 spiro atoms. The van der Waals surface area contributed by atoms with Gasteiger partial charge in [-0.2, -0.15) is 10.6 Å². The minimum absolute atomic E-state index is 0.202. The summed E-state index contributed by atoms with van der Waals surface area (Å²) in [6.07, 6.45) is 0.558. The monoisotopic (exact) mass is 414 g/mol. The highest BCUT2D eigenvalue weighted by Crippen LogP contribution is 2.45. The van der Waals surface area contributed by atoms with E-state index in [-0.39, 0.29) is 29.4 Å². The first-order chi connectivity index (χ1) is 13.8. The van der Waals surface area contributed by atoms with Crippen LogP contribution in [-0.2, 0) is 0 Å². The van der Waals surface area contributed by atoms with Crippen LogP contribution in [0.5, 0.6) is 11.8 Å². The standard InChI is InChI=1S/C20H22N4O4S/c1-12-9-13(2)22-20(21-12)28-16-4-6-17-14(10-16)3-5-18(24-17)19(25)23-15-7-8-29(26,27)11-15/h3-6,9-10,15,26-27H,7-8,11H2,1-2H3,(H,23,25). The molecule has 1 unspecified atom stereocenters. The smallest absolute Gasteiger partial charge is 0.322 e. The molecule has 3 aromatic rings. The summed E-state index contributed by atoms with van der Waals surface area (Å²) in [5.74, 6) is 0.791. The van der Waals surface area contributed by atoms with Gasteiger partial charge in [-0.25, -0.2) is 15.0 Å². The number of fused-ring (bicyclic) bond motifs is 1. The van der Waals surface area contributed by atoms with Crippen molar-refractivity contribution in [3.63, 3.8) is 0 Å². The topological polar surface area (TPSA) is 117 Å². The number of nitrogens with one attached hydrogen (secondary N) is 1. The Balaban J connectivity index is 1.50. The molecule has 29 heavy (non-hydrogen) atoms. The second-order valence-corrected chi connectivity index (χ2v) is 9.56. The van der Waals surface area contributed by atoms with Crippen molar-refractivity contribution in [2.45, 2.75) is 26.3 Å². The van der Waals surface area contributed by atoms with Crippen LogP contribution in [-0.4, -0.2) is 47.5 Å². The lowest BCUT2D eigenvalue weighted by atomic mass is 10.2. The van der Waals surface area contributed by atoms with Gasteiger partial charge in [0.1, 0.15) is 11.4 Å². The number of carbonyl (C=O) groups is 1. The summed E-state index contributed by atoms with van der Waals surface area (Å²) < 4.78 is 25.2. The fraction of sp³-hybridized carbons (Fsp3) is 0.300. The highest BCUT2D eigenvalue weighted by atomic mass is 32.3. The van der Waals surface area contributed by atoms with E-state index in [9.17, 15) is 13.9 Å². The highest BCUT2D eigenvalue weighted by molar-refractivity contribution is 8.24. The van der Waals surface area contributed by atoms with Crippen molar-refractivity contribution in [3.05, 3.63) is 53.5 Å². The summed E-state index contributed by atoms with van der Waals surface area (Å²) in [6.45, 7) is 3.76. The molecule has 0 aliphatic carbocycles.